The fraction of sp³-hybridized carbons (Fsp3) is 0.276. The summed E-state index contributed by atoms with van der Waals surface area (Å²) in [6.07, 6.45) is 2.96. The number of nitrogens with two attached hydrogens (primary N) is 1. The van der Waals surface area contributed by atoms with E-state index in [2.05, 4.69) is 26.8 Å². The number of benzene rings is 2. The highest BCUT2D eigenvalue weighted by Gasteiger charge is 2.27. The van der Waals surface area contributed by atoms with E-state index in [0.717, 1.165) is 42.0 Å². The van der Waals surface area contributed by atoms with Crippen molar-refractivity contribution in [1.29, 1.82) is 0 Å². The molecular formula is C29H29F3N8O2S. The highest BCUT2D eigenvalue weighted by atomic mass is 32.2. The van der Waals surface area contributed by atoms with Gasteiger partial charge in [-0.25, -0.2) is 9.37 Å². The number of pyridine rings is 1. The average molecular weight is 611 g/mol. The van der Waals surface area contributed by atoms with E-state index in [0.29, 0.717) is 22.2 Å². The highest BCUT2D eigenvalue weighted by molar-refractivity contribution is 7.93. The molecule has 6 rings (SSSR count). The number of fused-ring (bicyclic) bond motifs is 2. The van der Waals surface area contributed by atoms with E-state index in [4.69, 9.17) is 15.6 Å². The number of aryl methyl sites for hydroxylation is 1. The minimum Gasteiger partial charge on any atom is -0.588 e. The molecule has 0 fully saturated rings. The van der Waals surface area contributed by atoms with Crippen LogP contribution in [-0.2, 0) is 31.5 Å². The van der Waals surface area contributed by atoms with Gasteiger partial charge in [0.05, 0.1) is 29.3 Å². The third-order valence-corrected chi connectivity index (χ3v) is 8.26. The second-order valence-corrected chi connectivity index (χ2v) is 11.6. The van der Waals surface area contributed by atoms with Gasteiger partial charge < -0.3 is 15.0 Å². The summed E-state index contributed by atoms with van der Waals surface area (Å²) in [5.41, 5.74) is 11.9. The molecule has 3 aromatic heterocycles. The summed E-state index contributed by atoms with van der Waals surface area (Å²) in [4.78, 5) is 6.73. The lowest BCUT2D eigenvalue weighted by atomic mass is 10.0. The number of rotatable bonds is 8. The highest BCUT2D eigenvalue weighted by Crippen LogP contribution is 2.41. The number of halogens is 3. The van der Waals surface area contributed by atoms with Crippen LogP contribution in [-0.4, -0.2) is 53.3 Å². The van der Waals surface area contributed by atoms with Crippen molar-refractivity contribution in [2.24, 2.45) is 7.05 Å². The van der Waals surface area contributed by atoms with Crippen LogP contribution in [0.5, 0.6) is 5.75 Å². The van der Waals surface area contributed by atoms with Gasteiger partial charge in [-0.2, -0.15) is 23.7 Å². The number of hydrogen-bond donors (Lipinski definition) is 2. The summed E-state index contributed by atoms with van der Waals surface area (Å²) in [5, 5.41) is 9.98. The van der Waals surface area contributed by atoms with Gasteiger partial charge in [-0.15, -0.1) is 0 Å². The van der Waals surface area contributed by atoms with Crippen molar-refractivity contribution in [1.82, 2.24) is 29.4 Å². The minimum absolute atomic E-state index is 0.0963. The van der Waals surface area contributed by atoms with Crippen LogP contribution in [0.15, 0.2) is 54.9 Å². The summed E-state index contributed by atoms with van der Waals surface area (Å²) in [7, 11) is 3.87. The van der Waals surface area contributed by atoms with Crippen LogP contribution in [0, 0.1) is 5.82 Å². The summed E-state index contributed by atoms with van der Waals surface area (Å²) in [5.74, 6) is -3.09. The number of nitrogen functional groups attached to an aromatic ring is 1. The minimum atomic E-state index is -3.11. The molecule has 2 unspecified atom stereocenters. The maximum Gasteiger partial charge on any atom is 0.421 e. The van der Waals surface area contributed by atoms with Crippen molar-refractivity contribution in [2.75, 3.05) is 24.0 Å². The largest absolute Gasteiger partial charge is 0.588 e. The van der Waals surface area contributed by atoms with Gasteiger partial charge in [-0.05, 0) is 43.8 Å². The zero-order valence-electron chi connectivity index (χ0n) is 23.6. The standard InChI is InChI=1S/C29H29F3N8O2S/c1-16(17-4-7-19(30)8-5-17)42-24-12-18(6-9-22(24)37-43(41)29(31)32)26-25-27(39(3)36-26)21(13-34-28(25)33)20-14-35-40-11-10-38(2)15-23(20)40/h4-9,12-14,16,29,37H,10-11,15H2,1-3H3,(H2,33,34). The Balaban J connectivity index is 1.45. The first kappa shape index (κ1) is 28.8. The van der Waals surface area contributed by atoms with Gasteiger partial charge in [0.2, 0.25) is 0 Å². The van der Waals surface area contributed by atoms with Gasteiger partial charge in [-0.3, -0.25) is 14.3 Å². The van der Waals surface area contributed by atoms with E-state index in [9.17, 15) is 17.7 Å². The van der Waals surface area contributed by atoms with Crippen LogP contribution >= 0.6 is 0 Å². The molecule has 1 aliphatic heterocycles. The Morgan fingerprint density at radius 2 is 1.84 bits per heavy atom. The van der Waals surface area contributed by atoms with Gasteiger partial charge in [-0.1, -0.05) is 18.2 Å². The van der Waals surface area contributed by atoms with Crippen molar-refractivity contribution in [3.63, 3.8) is 0 Å². The maximum atomic E-state index is 13.5. The Hall–Kier alpha value is -4.27. The lowest BCUT2D eigenvalue weighted by Gasteiger charge is -2.24. The Morgan fingerprint density at radius 3 is 2.58 bits per heavy atom. The Bertz CT molecular complexity index is 1790. The van der Waals surface area contributed by atoms with Gasteiger partial charge in [0.25, 0.3) is 0 Å². The lowest BCUT2D eigenvalue weighted by molar-refractivity contribution is 0.228. The molecule has 0 radical (unpaired) electrons. The smallest absolute Gasteiger partial charge is 0.421 e. The summed E-state index contributed by atoms with van der Waals surface area (Å²) in [6, 6.07) is 10.5. The lowest BCUT2D eigenvalue weighted by Crippen LogP contribution is -2.30. The molecule has 2 aromatic carbocycles. The number of likely N-dealkylation sites (N-methyl/N-ethyl adjacent to an activating group) is 1. The van der Waals surface area contributed by atoms with Crippen LogP contribution in [0.1, 0.15) is 24.3 Å². The zero-order chi connectivity index (χ0) is 30.4. The van der Waals surface area contributed by atoms with Crippen LogP contribution in [0.4, 0.5) is 24.7 Å². The predicted molar refractivity (Wildman–Crippen MR) is 159 cm³/mol. The van der Waals surface area contributed by atoms with E-state index in [1.165, 1.54) is 18.2 Å². The zero-order valence-corrected chi connectivity index (χ0v) is 24.4. The quantitative estimate of drug-likeness (QED) is 0.233. The molecule has 0 saturated carbocycles. The molecule has 0 spiro atoms. The Kier molecular flexibility index (Phi) is 7.66. The SMILES string of the molecule is CC(Oc1cc(-c2nn(C)c3c(-c4cnn5c4CN(C)CC5)cnc(N)c23)ccc1N[S+]([O-])C(F)F)c1ccc(F)cc1. The molecule has 5 aromatic rings. The van der Waals surface area contributed by atoms with Crippen molar-refractivity contribution in [2.45, 2.75) is 31.9 Å². The number of alkyl halides is 2. The van der Waals surface area contributed by atoms with Crippen molar-refractivity contribution in [3.05, 3.63) is 71.9 Å². The van der Waals surface area contributed by atoms with Crippen molar-refractivity contribution >= 4 is 33.8 Å². The number of aromatic nitrogens is 5. The molecule has 0 amide bonds. The van der Waals surface area contributed by atoms with Gasteiger partial charge >= 0.3 is 5.76 Å². The molecule has 43 heavy (non-hydrogen) atoms. The molecule has 0 aliphatic carbocycles. The average Bonchev–Trinajstić information content (AvgIpc) is 3.56. The van der Waals surface area contributed by atoms with Crippen molar-refractivity contribution in [3.8, 4) is 28.1 Å². The van der Waals surface area contributed by atoms with E-state index in [-0.39, 0.29) is 17.3 Å². The second-order valence-electron chi connectivity index (χ2n) is 10.4. The molecule has 0 saturated heterocycles. The maximum absolute atomic E-state index is 13.5. The molecule has 2 atom stereocenters. The normalized spacial score (nSPS) is 15.1. The third kappa shape index (κ3) is 5.48. The van der Waals surface area contributed by atoms with Gasteiger partial charge in [0, 0.05) is 43.0 Å². The topological polar surface area (TPSA) is 122 Å². The Labute approximate surface area is 248 Å². The first-order valence-electron chi connectivity index (χ1n) is 13.5. The van der Waals surface area contributed by atoms with Crippen molar-refractivity contribution < 1.29 is 22.5 Å². The Morgan fingerprint density at radius 1 is 1.07 bits per heavy atom. The molecule has 14 heteroatoms. The second kappa shape index (κ2) is 11.4. The van der Waals surface area contributed by atoms with Gasteiger partial charge in [0.1, 0.15) is 46.2 Å². The van der Waals surface area contributed by atoms with E-state index >= 15 is 0 Å². The summed E-state index contributed by atoms with van der Waals surface area (Å²) in [6.45, 7) is 4.15. The van der Waals surface area contributed by atoms with Crippen LogP contribution in [0.3, 0.4) is 0 Å². The first-order valence-corrected chi connectivity index (χ1v) is 14.7. The number of nitrogens with one attached hydrogen (secondary N) is 1. The molecule has 0 bridgehead atoms. The van der Waals surface area contributed by atoms with Crippen LogP contribution in [0.2, 0.25) is 0 Å². The molecule has 224 valence electrons. The monoisotopic (exact) mass is 610 g/mol. The fourth-order valence-corrected chi connectivity index (χ4v) is 5.80. The summed E-state index contributed by atoms with van der Waals surface area (Å²) >= 11 is -2.67. The molecular weight excluding hydrogens is 581 g/mol. The number of anilines is 2. The summed E-state index contributed by atoms with van der Waals surface area (Å²) < 4.78 is 64.1. The third-order valence-electron chi connectivity index (χ3n) is 7.51. The first-order chi connectivity index (χ1) is 20.6. The number of ether oxygens (including phenoxy) is 1. The fourth-order valence-electron chi connectivity index (χ4n) is 5.33. The van der Waals surface area contributed by atoms with E-state index < -0.39 is 29.0 Å². The van der Waals surface area contributed by atoms with Crippen LogP contribution in [0.25, 0.3) is 33.3 Å². The molecule has 10 nitrogen and oxygen atoms in total. The molecule has 3 N–H and O–H groups in total. The van der Waals surface area contributed by atoms with E-state index in [1.807, 2.05) is 17.9 Å². The molecule has 4 heterocycles. The van der Waals surface area contributed by atoms with E-state index in [1.54, 1.807) is 42.1 Å². The van der Waals surface area contributed by atoms with Crippen LogP contribution < -0.4 is 15.2 Å². The van der Waals surface area contributed by atoms with Gasteiger partial charge in [0.15, 0.2) is 0 Å². The molecule has 1 aliphatic rings. The predicted octanol–water partition coefficient (Wildman–Crippen LogP) is 5.10. The number of nitrogens with zero attached hydrogens (tertiary/aromatic N) is 6. The number of hydrogen-bond acceptors (Lipinski definition) is 8.